The number of rotatable bonds is 4. The van der Waals surface area contributed by atoms with Crippen molar-refractivity contribution in [1.82, 2.24) is 4.31 Å². The van der Waals surface area contributed by atoms with Gasteiger partial charge in [0.05, 0.1) is 4.90 Å². The second-order valence-corrected chi connectivity index (χ2v) is 6.88. The molecular formula is C13H19NO4S. The van der Waals surface area contributed by atoms with Gasteiger partial charge >= 0.3 is 0 Å². The van der Waals surface area contributed by atoms with Gasteiger partial charge in [-0.05, 0) is 43.0 Å². The van der Waals surface area contributed by atoms with Crippen LogP contribution in [0.5, 0.6) is 5.75 Å². The number of phenolic OH excluding ortho intramolecular Hbond substituents is 1. The van der Waals surface area contributed by atoms with E-state index >= 15 is 0 Å². The van der Waals surface area contributed by atoms with E-state index < -0.39 is 10.0 Å². The smallest absolute Gasteiger partial charge is 0.242 e. The first kappa shape index (κ1) is 14.3. The number of nitrogens with zero attached hydrogens (tertiary/aromatic N) is 1. The van der Waals surface area contributed by atoms with Crippen LogP contribution in [-0.2, 0) is 14.8 Å². The molecule has 0 atom stereocenters. The number of sulfonamides is 1. The predicted octanol–water partition coefficient (Wildman–Crippen LogP) is 1.44. The number of hydrogen-bond donors (Lipinski definition) is 1. The Hall–Kier alpha value is -1.11. The maximum Gasteiger partial charge on any atom is 0.242 e. The summed E-state index contributed by atoms with van der Waals surface area (Å²) < 4.78 is 31.3. The van der Waals surface area contributed by atoms with Crippen molar-refractivity contribution in [2.24, 2.45) is 5.92 Å². The number of benzene rings is 1. The Kier molecular flexibility index (Phi) is 4.44. The predicted molar refractivity (Wildman–Crippen MR) is 71.5 cm³/mol. The fourth-order valence-corrected chi connectivity index (χ4v) is 3.44. The van der Waals surface area contributed by atoms with Gasteiger partial charge < -0.3 is 9.84 Å². The van der Waals surface area contributed by atoms with E-state index in [-0.39, 0.29) is 10.6 Å². The average molecular weight is 285 g/mol. The minimum Gasteiger partial charge on any atom is -0.508 e. The van der Waals surface area contributed by atoms with E-state index in [2.05, 4.69) is 0 Å². The van der Waals surface area contributed by atoms with Crippen LogP contribution >= 0.6 is 0 Å². The van der Waals surface area contributed by atoms with E-state index in [1.807, 2.05) is 0 Å². The lowest BCUT2D eigenvalue weighted by Gasteiger charge is -2.26. The van der Waals surface area contributed by atoms with E-state index in [0.717, 1.165) is 12.8 Å². The lowest BCUT2D eigenvalue weighted by Crippen LogP contribution is -2.34. The van der Waals surface area contributed by atoms with Gasteiger partial charge in [0.2, 0.25) is 10.0 Å². The van der Waals surface area contributed by atoms with E-state index in [4.69, 9.17) is 4.74 Å². The van der Waals surface area contributed by atoms with Crippen LogP contribution in [0.2, 0.25) is 0 Å². The molecule has 5 nitrogen and oxygen atoms in total. The van der Waals surface area contributed by atoms with Crippen LogP contribution in [0.15, 0.2) is 29.2 Å². The molecule has 0 spiro atoms. The summed E-state index contributed by atoms with van der Waals surface area (Å²) in [7, 11) is -1.88. The van der Waals surface area contributed by atoms with Crippen LogP contribution in [0.4, 0.5) is 0 Å². The Morgan fingerprint density at radius 2 is 1.84 bits per heavy atom. The second kappa shape index (κ2) is 5.90. The molecule has 106 valence electrons. The van der Waals surface area contributed by atoms with Crippen LogP contribution in [0.25, 0.3) is 0 Å². The summed E-state index contributed by atoms with van der Waals surface area (Å²) in [5.74, 6) is 0.414. The zero-order valence-electron chi connectivity index (χ0n) is 10.9. The normalized spacial score (nSPS) is 17.8. The third-order valence-corrected chi connectivity index (χ3v) is 5.24. The number of hydrogen-bond acceptors (Lipinski definition) is 4. The van der Waals surface area contributed by atoms with Crippen molar-refractivity contribution in [2.75, 3.05) is 26.8 Å². The van der Waals surface area contributed by atoms with Gasteiger partial charge in [-0.25, -0.2) is 12.7 Å². The minimum atomic E-state index is -3.47. The fourth-order valence-electron chi connectivity index (χ4n) is 2.19. The van der Waals surface area contributed by atoms with Crippen LogP contribution in [0.3, 0.4) is 0 Å². The molecule has 1 saturated heterocycles. The Morgan fingerprint density at radius 1 is 1.26 bits per heavy atom. The van der Waals surface area contributed by atoms with Gasteiger partial charge in [-0.2, -0.15) is 0 Å². The van der Waals surface area contributed by atoms with E-state index in [1.165, 1.54) is 28.6 Å². The molecule has 1 fully saturated rings. The van der Waals surface area contributed by atoms with Crippen LogP contribution < -0.4 is 0 Å². The zero-order chi connectivity index (χ0) is 13.9. The summed E-state index contributed by atoms with van der Waals surface area (Å²) in [4.78, 5) is 0.208. The molecule has 0 amide bonds. The van der Waals surface area contributed by atoms with Crippen molar-refractivity contribution in [1.29, 1.82) is 0 Å². The lowest BCUT2D eigenvalue weighted by molar-refractivity contribution is 0.0620. The molecule has 1 aromatic carbocycles. The third-order valence-electron chi connectivity index (χ3n) is 3.40. The first-order chi connectivity index (χ1) is 9.00. The Labute approximate surface area is 113 Å². The Balaban J connectivity index is 2.07. The molecular weight excluding hydrogens is 266 g/mol. The molecule has 1 N–H and O–H groups in total. The highest BCUT2D eigenvalue weighted by molar-refractivity contribution is 7.89. The first-order valence-corrected chi connectivity index (χ1v) is 7.77. The van der Waals surface area contributed by atoms with Crippen LogP contribution in [0, 0.1) is 5.92 Å². The summed E-state index contributed by atoms with van der Waals surface area (Å²) in [5.41, 5.74) is 0. The molecule has 1 heterocycles. The second-order valence-electron chi connectivity index (χ2n) is 4.84. The van der Waals surface area contributed by atoms with Crippen molar-refractivity contribution in [2.45, 2.75) is 17.7 Å². The van der Waals surface area contributed by atoms with Crippen LogP contribution in [0.1, 0.15) is 12.8 Å². The van der Waals surface area contributed by atoms with E-state index in [1.54, 1.807) is 7.05 Å². The summed E-state index contributed by atoms with van der Waals surface area (Å²) in [6.07, 6.45) is 1.80. The van der Waals surface area contributed by atoms with Gasteiger partial charge in [-0.1, -0.05) is 0 Å². The average Bonchev–Trinajstić information content (AvgIpc) is 2.40. The van der Waals surface area contributed by atoms with Crippen molar-refractivity contribution in [3.05, 3.63) is 24.3 Å². The van der Waals surface area contributed by atoms with Gasteiger partial charge in [0.1, 0.15) is 5.75 Å². The van der Waals surface area contributed by atoms with Gasteiger partial charge in [0, 0.05) is 26.8 Å². The summed E-state index contributed by atoms with van der Waals surface area (Å²) in [6, 6.07) is 5.61. The van der Waals surface area contributed by atoms with Crippen LogP contribution in [-0.4, -0.2) is 44.6 Å². The lowest BCUT2D eigenvalue weighted by atomic mass is 10.0. The highest BCUT2D eigenvalue weighted by atomic mass is 32.2. The van der Waals surface area contributed by atoms with Crippen molar-refractivity contribution in [3.63, 3.8) is 0 Å². The molecule has 19 heavy (non-hydrogen) atoms. The molecule has 0 aromatic heterocycles. The minimum absolute atomic E-state index is 0.0611. The standard InChI is InChI=1S/C13H19NO4S/c1-14(10-11-6-8-18-9-7-11)19(16,17)13-4-2-12(15)3-5-13/h2-5,11,15H,6-10H2,1H3. The van der Waals surface area contributed by atoms with E-state index in [9.17, 15) is 13.5 Å². The fraction of sp³-hybridized carbons (Fsp3) is 0.538. The molecule has 6 heteroatoms. The first-order valence-electron chi connectivity index (χ1n) is 6.33. The highest BCUT2D eigenvalue weighted by Gasteiger charge is 2.24. The number of aromatic hydroxyl groups is 1. The molecule has 0 bridgehead atoms. The quantitative estimate of drug-likeness (QED) is 0.909. The topological polar surface area (TPSA) is 66.8 Å². The van der Waals surface area contributed by atoms with Crippen molar-refractivity contribution >= 4 is 10.0 Å². The summed E-state index contributed by atoms with van der Waals surface area (Å²) >= 11 is 0. The molecule has 2 rings (SSSR count). The monoisotopic (exact) mass is 285 g/mol. The summed E-state index contributed by atoms with van der Waals surface area (Å²) in [6.45, 7) is 1.92. The maximum absolute atomic E-state index is 12.3. The maximum atomic E-state index is 12.3. The Morgan fingerprint density at radius 3 is 2.42 bits per heavy atom. The third kappa shape index (κ3) is 3.46. The molecule has 1 aromatic rings. The molecule has 1 aliphatic heterocycles. The van der Waals surface area contributed by atoms with E-state index in [0.29, 0.717) is 25.7 Å². The largest absolute Gasteiger partial charge is 0.508 e. The molecule has 0 unspecified atom stereocenters. The molecule has 0 aliphatic carbocycles. The van der Waals surface area contributed by atoms with Gasteiger partial charge in [0.15, 0.2) is 0 Å². The Bertz CT molecular complexity index is 506. The summed E-state index contributed by atoms with van der Waals surface area (Å²) in [5, 5.41) is 9.20. The SMILES string of the molecule is CN(CC1CCOCC1)S(=O)(=O)c1ccc(O)cc1. The molecule has 0 radical (unpaired) electrons. The van der Waals surface area contributed by atoms with Gasteiger partial charge in [0.25, 0.3) is 0 Å². The molecule has 0 saturated carbocycles. The van der Waals surface area contributed by atoms with Crippen molar-refractivity contribution < 1.29 is 18.3 Å². The van der Waals surface area contributed by atoms with Gasteiger partial charge in [-0.15, -0.1) is 0 Å². The number of phenols is 1. The van der Waals surface area contributed by atoms with Crippen molar-refractivity contribution in [3.8, 4) is 5.75 Å². The number of ether oxygens (including phenoxy) is 1. The zero-order valence-corrected chi connectivity index (χ0v) is 11.8. The highest BCUT2D eigenvalue weighted by Crippen LogP contribution is 2.21. The van der Waals surface area contributed by atoms with Gasteiger partial charge in [-0.3, -0.25) is 0 Å². The molecule has 1 aliphatic rings.